The number of fused-ring (bicyclic) bond motifs is 1. The SMILES string of the molecule is CC1C(=O)[C@H]2CC[C@@H](O[Si](C)(C)C(C)(C)C)[C@H](C#C[C@H](CC3CCCC3)O[Si](C)(C)C(C)(C)C)[C@@H]12. The first-order valence-electron chi connectivity index (χ1n) is 14.3. The topological polar surface area (TPSA) is 35.5 Å². The lowest BCUT2D eigenvalue weighted by molar-refractivity contribution is -0.151. The second-order valence-corrected chi connectivity index (χ2v) is 24.4. The van der Waals surface area contributed by atoms with Gasteiger partial charge < -0.3 is 8.85 Å². The highest BCUT2D eigenvalue weighted by Crippen LogP contribution is 2.51. The Morgan fingerprint density at radius 3 is 2.03 bits per heavy atom. The number of carbonyl (C=O) groups excluding carboxylic acids is 1. The summed E-state index contributed by atoms with van der Waals surface area (Å²) in [5, 5.41) is 0.334. The Hall–Kier alpha value is -0.416. The highest BCUT2D eigenvalue weighted by Gasteiger charge is 2.56. The molecule has 6 atom stereocenters. The number of carbonyl (C=O) groups is 1. The fraction of sp³-hybridized carbons (Fsp3) is 0.900. The standard InChI is InChI=1S/C30H54O3Si2/c1-21-27-24(26(19-18-25(27)28(21)31)33-35(10,11)30(5,6)7)17-16-23(20-22-14-12-13-15-22)32-34(8,9)29(2,3)4/h21-27H,12-15,18-20H2,1-11H3/t21?,23-,24+,25+,26-,27-/m1/s1. The molecule has 3 fully saturated rings. The number of hydrogen-bond acceptors (Lipinski definition) is 3. The number of rotatable bonds is 6. The first-order valence-corrected chi connectivity index (χ1v) is 20.2. The van der Waals surface area contributed by atoms with Gasteiger partial charge in [0.25, 0.3) is 0 Å². The van der Waals surface area contributed by atoms with Gasteiger partial charge in [0.1, 0.15) is 11.9 Å². The van der Waals surface area contributed by atoms with Gasteiger partial charge in [-0.15, -0.1) is 0 Å². The van der Waals surface area contributed by atoms with Crippen molar-refractivity contribution in [1.29, 1.82) is 0 Å². The molecule has 0 bridgehead atoms. The summed E-state index contributed by atoms with van der Waals surface area (Å²) in [6.07, 6.45) is 8.45. The molecule has 1 unspecified atom stereocenters. The molecule has 0 spiro atoms. The second-order valence-electron chi connectivity index (χ2n) is 14.9. The molecular weight excluding hydrogens is 464 g/mol. The van der Waals surface area contributed by atoms with Crippen LogP contribution in [0.1, 0.15) is 93.4 Å². The Balaban J connectivity index is 1.89. The summed E-state index contributed by atoms with van der Waals surface area (Å²) in [7, 11) is -3.86. The van der Waals surface area contributed by atoms with Crippen molar-refractivity contribution in [1.82, 2.24) is 0 Å². The second kappa shape index (κ2) is 10.4. The van der Waals surface area contributed by atoms with E-state index >= 15 is 0 Å². The molecule has 3 aliphatic rings. The highest BCUT2D eigenvalue weighted by atomic mass is 28.4. The van der Waals surface area contributed by atoms with E-state index in [-0.39, 0.29) is 40.0 Å². The van der Waals surface area contributed by atoms with Crippen molar-refractivity contribution in [3.05, 3.63) is 0 Å². The van der Waals surface area contributed by atoms with E-state index < -0.39 is 16.6 Å². The van der Waals surface area contributed by atoms with E-state index in [1.807, 2.05) is 0 Å². The van der Waals surface area contributed by atoms with Gasteiger partial charge in [-0.1, -0.05) is 86.0 Å². The maximum Gasteiger partial charge on any atom is 0.193 e. The van der Waals surface area contributed by atoms with Gasteiger partial charge in [-0.2, -0.15) is 0 Å². The van der Waals surface area contributed by atoms with Crippen LogP contribution >= 0.6 is 0 Å². The summed E-state index contributed by atoms with van der Waals surface area (Å²) in [5.74, 6) is 9.46. The van der Waals surface area contributed by atoms with Crippen molar-refractivity contribution in [2.24, 2.45) is 29.6 Å². The van der Waals surface area contributed by atoms with Gasteiger partial charge in [-0.05, 0) is 67.4 Å². The van der Waals surface area contributed by atoms with Crippen LogP contribution in [0.25, 0.3) is 0 Å². The summed E-state index contributed by atoms with van der Waals surface area (Å²) in [6.45, 7) is 25.4. The van der Waals surface area contributed by atoms with Crippen LogP contribution in [0.2, 0.25) is 36.3 Å². The van der Waals surface area contributed by atoms with Crippen LogP contribution in [0.4, 0.5) is 0 Å². The van der Waals surface area contributed by atoms with Crippen molar-refractivity contribution in [2.75, 3.05) is 0 Å². The molecule has 3 aliphatic carbocycles. The van der Waals surface area contributed by atoms with Crippen molar-refractivity contribution in [3.8, 4) is 11.8 Å². The normalized spacial score (nSPS) is 31.4. The van der Waals surface area contributed by atoms with Crippen LogP contribution in [0.5, 0.6) is 0 Å². The lowest BCUT2D eigenvalue weighted by Gasteiger charge is -2.52. The van der Waals surface area contributed by atoms with E-state index in [0.29, 0.717) is 11.7 Å². The Morgan fingerprint density at radius 1 is 0.914 bits per heavy atom. The molecule has 0 radical (unpaired) electrons. The van der Waals surface area contributed by atoms with Crippen LogP contribution in [0.15, 0.2) is 0 Å². The molecule has 0 heterocycles. The fourth-order valence-corrected chi connectivity index (χ4v) is 8.49. The molecule has 0 aromatic rings. The van der Waals surface area contributed by atoms with Crippen molar-refractivity contribution in [3.63, 3.8) is 0 Å². The monoisotopic (exact) mass is 518 g/mol. The van der Waals surface area contributed by atoms with Crippen LogP contribution < -0.4 is 0 Å². The molecule has 3 rings (SSSR count). The Morgan fingerprint density at radius 2 is 1.49 bits per heavy atom. The van der Waals surface area contributed by atoms with Crippen molar-refractivity contribution in [2.45, 2.75) is 142 Å². The summed E-state index contributed by atoms with van der Waals surface area (Å²) in [5.41, 5.74) is 0. The fourth-order valence-electron chi connectivity index (χ4n) is 5.90. The maximum atomic E-state index is 12.7. The smallest absolute Gasteiger partial charge is 0.193 e. The molecule has 5 heteroatoms. The lowest BCUT2D eigenvalue weighted by Crippen LogP contribution is -2.57. The predicted octanol–water partition coefficient (Wildman–Crippen LogP) is 8.21. The minimum atomic E-state index is -1.93. The zero-order valence-corrected chi connectivity index (χ0v) is 26.7. The first-order chi connectivity index (χ1) is 15.9. The van der Waals surface area contributed by atoms with E-state index in [4.69, 9.17) is 8.85 Å². The largest absolute Gasteiger partial charge is 0.413 e. The van der Waals surface area contributed by atoms with Gasteiger partial charge in [-0.25, -0.2) is 0 Å². The third kappa shape index (κ3) is 6.36. The van der Waals surface area contributed by atoms with Crippen LogP contribution in [0.3, 0.4) is 0 Å². The Labute approximate surface area is 219 Å². The van der Waals surface area contributed by atoms with Gasteiger partial charge in [0.05, 0.1) is 6.10 Å². The highest BCUT2D eigenvalue weighted by molar-refractivity contribution is 6.74. The third-order valence-electron chi connectivity index (χ3n) is 10.4. The first kappa shape index (κ1) is 29.1. The Bertz CT molecular complexity index is 817. The molecule has 0 amide bonds. The molecule has 0 aliphatic heterocycles. The molecule has 0 N–H and O–H groups in total. The molecule has 3 saturated carbocycles. The van der Waals surface area contributed by atoms with Gasteiger partial charge in [0.15, 0.2) is 16.6 Å². The minimum absolute atomic E-state index is 0.000950. The van der Waals surface area contributed by atoms with E-state index in [0.717, 1.165) is 25.2 Å². The average Bonchev–Trinajstić information content (AvgIpc) is 3.22. The van der Waals surface area contributed by atoms with Crippen molar-refractivity contribution < 1.29 is 13.6 Å². The maximum absolute atomic E-state index is 12.7. The van der Waals surface area contributed by atoms with E-state index in [1.54, 1.807) is 0 Å². The van der Waals surface area contributed by atoms with Crippen LogP contribution in [-0.2, 0) is 13.6 Å². The van der Waals surface area contributed by atoms with Gasteiger partial charge in [0, 0.05) is 17.8 Å². The van der Waals surface area contributed by atoms with Gasteiger partial charge in [-0.3, -0.25) is 4.79 Å². The predicted molar refractivity (Wildman–Crippen MR) is 152 cm³/mol. The lowest BCUT2D eigenvalue weighted by atomic mass is 9.53. The minimum Gasteiger partial charge on any atom is -0.413 e. The zero-order chi connectivity index (χ0) is 26.4. The summed E-state index contributed by atoms with van der Waals surface area (Å²) in [4.78, 5) is 12.7. The summed E-state index contributed by atoms with van der Waals surface area (Å²) in [6, 6.07) is 0. The van der Waals surface area contributed by atoms with E-state index in [1.165, 1.54) is 25.7 Å². The molecule has 0 saturated heterocycles. The van der Waals surface area contributed by atoms with Crippen molar-refractivity contribution >= 4 is 22.4 Å². The third-order valence-corrected chi connectivity index (χ3v) is 19.4. The summed E-state index contributed by atoms with van der Waals surface area (Å²) >= 11 is 0. The molecule has 0 aromatic heterocycles. The van der Waals surface area contributed by atoms with E-state index in [9.17, 15) is 4.79 Å². The number of Topliss-reactive ketones (excluding diaryl/α,β-unsaturated/α-hetero) is 1. The average molecular weight is 519 g/mol. The number of hydrogen-bond donors (Lipinski definition) is 0. The van der Waals surface area contributed by atoms with E-state index in [2.05, 4.69) is 86.5 Å². The molecule has 35 heavy (non-hydrogen) atoms. The van der Waals surface area contributed by atoms with Gasteiger partial charge in [0.2, 0.25) is 0 Å². The molecule has 0 aromatic carbocycles. The number of ketones is 1. The Kier molecular flexibility index (Phi) is 8.65. The summed E-state index contributed by atoms with van der Waals surface area (Å²) < 4.78 is 13.9. The van der Waals surface area contributed by atoms with Crippen LogP contribution in [0, 0.1) is 41.4 Å². The molecular formula is C30H54O3Si2. The van der Waals surface area contributed by atoms with Crippen LogP contribution in [-0.4, -0.2) is 34.6 Å². The molecule has 200 valence electrons. The van der Waals surface area contributed by atoms with Gasteiger partial charge >= 0.3 is 0 Å². The quantitative estimate of drug-likeness (QED) is 0.262. The molecule has 3 nitrogen and oxygen atoms in total. The zero-order valence-electron chi connectivity index (χ0n) is 24.7.